The van der Waals surface area contributed by atoms with Crippen LogP contribution in [0, 0.1) is 5.92 Å². The molecule has 1 saturated carbocycles. The zero-order valence-electron chi connectivity index (χ0n) is 13.1. The van der Waals surface area contributed by atoms with Crippen molar-refractivity contribution in [2.75, 3.05) is 18.9 Å². The van der Waals surface area contributed by atoms with Crippen LogP contribution in [0.25, 0.3) is 0 Å². The maximum atomic E-state index is 12.1. The molecule has 0 heterocycles. The van der Waals surface area contributed by atoms with Gasteiger partial charge in [-0.1, -0.05) is 19.1 Å². The Hall–Kier alpha value is -1.39. The summed E-state index contributed by atoms with van der Waals surface area (Å²) in [6.07, 6.45) is 4.95. The Morgan fingerprint density at radius 2 is 2.05 bits per heavy atom. The second kappa shape index (κ2) is 7.57. The molecule has 0 spiro atoms. The van der Waals surface area contributed by atoms with Gasteiger partial charge >= 0.3 is 0 Å². The van der Waals surface area contributed by atoms with Crippen LogP contribution in [0.4, 0.5) is 5.69 Å². The molecule has 0 bridgehead atoms. The summed E-state index contributed by atoms with van der Waals surface area (Å²) in [7, 11) is 2.05. The highest BCUT2D eigenvalue weighted by Crippen LogP contribution is 2.26. The van der Waals surface area contributed by atoms with Crippen LogP contribution in [0.3, 0.4) is 0 Å². The molecule has 0 atom stereocenters. The maximum absolute atomic E-state index is 12.1. The number of anilines is 1. The zero-order valence-corrected chi connectivity index (χ0v) is 13.1. The third-order valence-electron chi connectivity index (χ3n) is 4.45. The van der Waals surface area contributed by atoms with Gasteiger partial charge in [-0.3, -0.25) is 9.69 Å². The summed E-state index contributed by atoms with van der Waals surface area (Å²) < 4.78 is 0. The van der Waals surface area contributed by atoms with Crippen LogP contribution in [0.5, 0.6) is 0 Å². The van der Waals surface area contributed by atoms with E-state index in [1.807, 2.05) is 24.3 Å². The number of nitrogens with one attached hydrogen (secondary N) is 1. The van der Waals surface area contributed by atoms with Gasteiger partial charge in [0.05, 0.1) is 6.54 Å². The molecular formula is C17H27N3O. The van der Waals surface area contributed by atoms with Crippen molar-refractivity contribution in [1.82, 2.24) is 4.90 Å². The third-order valence-corrected chi connectivity index (χ3v) is 4.45. The Bertz CT molecular complexity index is 467. The van der Waals surface area contributed by atoms with E-state index in [2.05, 4.69) is 24.2 Å². The Kier molecular flexibility index (Phi) is 5.76. The monoisotopic (exact) mass is 289 g/mol. The predicted molar refractivity (Wildman–Crippen MR) is 87.0 cm³/mol. The highest BCUT2D eigenvalue weighted by atomic mass is 16.2. The summed E-state index contributed by atoms with van der Waals surface area (Å²) in [6, 6.07) is 8.26. The van der Waals surface area contributed by atoms with E-state index in [4.69, 9.17) is 5.73 Å². The fraction of sp³-hybridized carbons (Fsp3) is 0.588. The molecule has 0 aliphatic heterocycles. The van der Waals surface area contributed by atoms with Crippen molar-refractivity contribution in [1.29, 1.82) is 0 Å². The van der Waals surface area contributed by atoms with E-state index >= 15 is 0 Å². The van der Waals surface area contributed by atoms with E-state index in [1.165, 1.54) is 25.7 Å². The normalized spacial score (nSPS) is 22.3. The molecule has 1 aromatic rings. The van der Waals surface area contributed by atoms with Gasteiger partial charge in [-0.2, -0.15) is 0 Å². The standard InChI is InChI=1S/C17H27N3O/c1-13-6-8-16(9-7-13)20(2)12-17(21)19-15-5-3-4-14(10-15)11-18/h3-5,10,13,16H,6-9,11-12,18H2,1-2H3,(H,19,21). The topological polar surface area (TPSA) is 58.4 Å². The van der Waals surface area contributed by atoms with Gasteiger partial charge in [-0.25, -0.2) is 0 Å². The van der Waals surface area contributed by atoms with Crippen LogP contribution in [-0.2, 0) is 11.3 Å². The number of nitrogens with zero attached hydrogens (tertiary/aromatic N) is 1. The van der Waals surface area contributed by atoms with Gasteiger partial charge in [0.15, 0.2) is 0 Å². The summed E-state index contributed by atoms with van der Waals surface area (Å²) in [5.74, 6) is 0.882. The van der Waals surface area contributed by atoms with E-state index in [0.29, 0.717) is 19.1 Å². The molecule has 1 aromatic carbocycles. The lowest BCUT2D eigenvalue weighted by Crippen LogP contribution is -2.39. The molecule has 1 aliphatic carbocycles. The smallest absolute Gasteiger partial charge is 0.238 e. The highest BCUT2D eigenvalue weighted by molar-refractivity contribution is 5.92. The molecule has 0 radical (unpaired) electrons. The first-order chi connectivity index (χ1) is 10.1. The Labute approximate surface area is 127 Å². The van der Waals surface area contributed by atoms with E-state index in [-0.39, 0.29) is 5.91 Å². The number of hydrogen-bond donors (Lipinski definition) is 2. The number of amides is 1. The molecule has 2 rings (SSSR count). The van der Waals surface area contributed by atoms with E-state index in [9.17, 15) is 4.79 Å². The zero-order chi connectivity index (χ0) is 15.2. The Morgan fingerprint density at radius 3 is 2.71 bits per heavy atom. The van der Waals surface area contributed by atoms with Gasteiger partial charge < -0.3 is 11.1 Å². The Balaban J connectivity index is 1.83. The van der Waals surface area contributed by atoms with Gasteiger partial charge in [-0.15, -0.1) is 0 Å². The van der Waals surface area contributed by atoms with Crippen molar-refractivity contribution in [3.05, 3.63) is 29.8 Å². The van der Waals surface area contributed by atoms with Crippen molar-refractivity contribution in [3.8, 4) is 0 Å². The maximum Gasteiger partial charge on any atom is 0.238 e. The van der Waals surface area contributed by atoms with Crippen molar-refractivity contribution in [3.63, 3.8) is 0 Å². The molecule has 1 aliphatic rings. The van der Waals surface area contributed by atoms with Crippen molar-refractivity contribution in [2.45, 2.75) is 45.2 Å². The predicted octanol–water partition coefficient (Wildman–Crippen LogP) is 2.59. The first-order valence-corrected chi connectivity index (χ1v) is 7.87. The summed E-state index contributed by atoms with van der Waals surface area (Å²) in [6.45, 7) is 3.25. The van der Waals surface area contributed by atoms with Crippen LogP contribution in [0.1, 0.15) is 38.2 Å². The largest absolute Gasteiger partial charge is 0.326 e. The molecular weight excluding hydrogens is 262 g/mol. The fourth-order valence-electron chi connectivity index (χ4n) is 3.02. The van der Waals surface area contributed by atoms with Gasteiger partial charge in [0.25, 0.3) is 0 Å². The molecule has 116 valence electrons. The van der Waals surface area contributed by atoms with Crippen LogP contribution in [0.15, 0.2) is 24.3 Å². The summed E-state index contributed by atoms with van der Waals surface area (Å²) in [4.78, 5) is 14.3. The van der Waals surface area contributed by atoms with Gasteiger partial charge in [0.2, 0.25) is 5.91 Å². The number of benzene rings is 1. The van der Waals surface area contributed by atoms with Crippen molar-refractivity contribution >= 4 is 11.6 Å². The van der Waals surface area contributed by atoms with E-state index < -0.39 is 0 Å². The number of hydrogen-bond acceptors (Lipinski definition) is 3. The molecule has 0 aromatic heterocycles. The minimum absolute atomic E-state index is 0.0466. The number of rotatable bonds is 5. The first-order valence-electron chi connectivity index (χ1n) is 7.87. The lowest BCUT2D eigenvalue weighted by molar-refractivity contribution is -0.117. The summed E-state index contributed by atoms with van der Waals surface area (Å²) >= 11 is 0. The average molecular weight is 289 g/mol. The summed E-state index contributed by atoms with van der Waals surface area (Å²) in [5.41, 5.74) is 7.48. The van der Waals surface area contributed by atoms with Gasteiger partial charge in [-0.05, 0) is 56.3 Å². The molecule has 4 nitrogen and oxygen atoms in total. The fourth-order valence-corrected chi connectivity index (χ4v) is 3.02. The van der Waals surface area contributed by atoms with Crippen LogP contribution in [-0.4, -0.2) is 30.4 Å². The molecule has 4 heteroatoms. The average Bonchev–Trinajstić information content (AvgIpc) is 2.47. The lowest BCUT2D eigenvalue weighted by atomic mass is 9.87. The van der Waals surface area contributed by atoms with E-state index in [1.54, 1.807) is 0 Å². The van der Waals surface area contributed by atoms with Crippen LogP contribution < -0.4 is 11.1 Å². The SMILES string of the molecule is CC1CCC(N(C)CC(=O)Nc2cccc(CN)c2)CC1. The molecule has 1 fully saturated rings. The Morgan fingerprint density at radius 1 is 1.33 bits per heavy atom. The summed E-state index contributed by atoms with van der Waals surface area (Å²) in [5, 5.41) is 2.96. The molecule has 0 unspecified atom stereocenters. The molecule has 21 heavy (non-hydrogen) atoms. The lowest BCUT2D eigenvalue weighted by Gasteiger charge is -2.33. The minimum atomic E-state index is 0.0466. The number of carbonyl (C=O) groups is 1. The number of likely N-dealkylation sites (N-methyl/N-ethyl adjacent to an activating group) is 1. The quantitative estimate of drug-likeness (QED) is 0.876. The van der Waals surface area contributed by atoms with Crippen molar-refractivity contribution < 1.29 is 4.79 Å². The second-order valence-electron chi connectivity index (χ2n) is 6.28. The number of carbonyl (C=O) groups excluding carboxylic acids is 1. The van der Waals surface area contributed by atoms with Crippen molar-refractivity contribution in [2.24, 2.45) is 11.7 Å². The highest BCUT2D eigenvalue weighted by Gasteiger charge is 2.22. The number of nitrogens with two attached hydrogens (primary N) is 1. The second-order valence-corrected chi connectivity index (χ2v) is 6.28. The van der Waals surface area contributed by atoms with Gasteiger partial charge in [0, 0.05) is 18.3 Å². The molecule has 1 amide bonds. The molecule has 3 N–H and O–H groups in total. The minimum Gasteiger partial charge on any atom is -0.326 e. The first kappa shape index (κ1) is 16.0. The van der Waals surface area contributed by atoms with Gasteiger partial charge in [0.1, 0.15) is 0 Å². The van der Waals surface area contributed by atoms with Crippen LogP contribution in [0.2, 0.25) is 0 Å². The van der Waals surface area contributed by atoms with Crippen LogP contribution >= 0.6 is 0 Å². The van der Waals surface area contributed by atoms with E-state index in [0.717, 1.165) is 17.2 Å². The third kappa shape index (κ3) is 4.83. The molecule has 0 saturated heterocycles.